The minimum Gasteiger partial charge on any atom is -0.337 e. The fourth-order valence-electron chi connectivity index (χ4n) is 0.569. The van der Waals surface area contributed by atoms with Gasteiger partial charge in [-0.05, 0) is 13.2 Å². The van der Waals surface area contributed by atoms with E-state index in [9.17, 15) is 0 Å². The van der Waals surface area contributed by atoms with Crippen LogP contribution >= 0.6 is 0 Å². The Balaban J connectivity index is 3.50. The van der Waals surface area contributed by atoms with Gasteiger partial charge in [0.1, 0.15) is 5.35 Å². The van der Waals surface area contributed by atoms with Crippen LogP contribution in [0.2, 0.25) is 0 Å². The lowest BCUT2D eigenvalue weighted by atomic mass is 10.4. The molecule has 1 heterocycles. The summed E-state index contributed by atoms with van der Waals surface area (Å²) in [5, 5.41) is 1.89. The number of pyridine rings is 1. The van der Waals surface area contributed by atoms with E-state index in [0.717, 1.165) is 10.6 Å². The van der Waals surface area contributed by atoms with E-state index in [-0.39, 0.29) is 0 Å². The maximum Gasteiger partial charge on any atom is 0.116 e. The fraction of sp³-hybridized carbons (Fsp3) is 0. The first-order valence-corrected chi connectivity index (χ1v) is 2.45. The zero-order valence-corrected chi connectivity index (χ0v) is 4.65. The Kier molecular flexibility index (Phi) is 1.12. The molecule has 8 heavy (non-hydrogen) atoms. The van der Waals surface area contributed by atoms with Crippen molar-refractivity contribution in [3.05, 3.63) is 28.9 Å². The van der Waals surface area contributed by atoms with Gasteiger partial charge in [-0.15, -0.1) is 0 Å². The second-order valence-electron chi connectivity index (χ2n) is 1.72. The molecular formula is C7H8N+. The Bertz CT molecular complexity index is 239. The van der Waals surface area contributed by atoms with E-state index >= 15 is 0 Å². The fourth-order valence-corrected chi connectivity index (χ4v) is 0.569. The van der Waals surface area contributed by atoms with Crippen molar-refractivity contribution in [3.8, 4) is 0 Å². The summed E-state index contributed by atoms with van der Waals surface area (Å²) in [5.41, 5.74) is 0. The molecule has 0 bridgehead atoms. The third kappa shape index (κ3) is 0.936. The molecule has 0 aliphatic heterocycles. The van der Waals surface area contributed by atoms with Gasteiger partial charge in [-0.2, -0.15) is 0 Å². The molecule has 1 aromatic heterocycles. The molecule has 0 atom stereocenters. The van der Waals surface area contributed by atoms with E-state index in [1.807, 2.05) is 18.3 Å². The predicted octanol–water partition coefficient (Wildman–Crippen LogP) is 0.116. The summed E-state index contributed by atoms with van der Waals surface area (Å²) in [4.78, 5) is 2.92. The lowest BCUT2D eigenvalue weighted by Gasteiger charge is -1.74. The van der Waals surface area contributed by atoms with Gasteiger partial charge in [0.05, 0.1) is 11.3 Å². The van der Waals surface area contributed by atoms with Crippen LogP contribution in [0.25, 0.3) is 13.2 Å². The number of aromatic nitrogens is 1. The summed E-state index contributed by atoms with van der Waals surface area (Å²) in [6.45, 7) is 7.41. The van der Waals surface area contributed by atoms with Gasteiger partial charge in [0.15, 0.2) is 0 Å². The Morgan fingerprint density at radius 2 is 2.25 bits per heavy atom. The molecule has 1 rings (SSSR count). The van der Waals surface area contributed by atoms with Crippen molar-refractivity contribution < 1.29 is 0 Å². The molecule has 0 saturated heterocycles. The molecule has 0 aliphatic carbocycles. The Morgan fingerprint density at radius 1 is 1.50 bits per heavy atom. The molecule has 0 spiro atoms. The third-order valence-corrected chi connectivity index (χ3v) is 0.926. The van der Waals surface area contributed by atoms with Crippen molar-refractivity contribution >= 4 is 13.2 Å². The average molecular weight is 106 g/mol. The number of aromatic amines is 1. The lowest BCUT2D eigenvalue weighted by Crippen LogP contribution is -2.10. The second-order valence-corrected chi connectivity index (χ2v) is 1.72. The van der Waals surface area contributed by atoms with Crippen LogP contribution in [0, 0.1) is 0 Å². The second kappa shape index (κ2) is 1.78. The van der Waals surface area contributed by atoms with Crippen LogP contribution in [0.15, 0.2) is 18.3 Å². The zero-order valence-electron chi connectivity index (χ0n) is 4.65. The molecule has 0 radical (unpaired) electrons. The van der Waals surface area contributed by atoms with Gasteiger partial charge in [0, 0.05) is 12.3 Å². The zero-order chi connectivity index (χ0) is 5.98. The maximum absolute atomic E-state index is 3.72. The van der Waals surface area contributed by atoms with Crippen molar-refractivity contribution in [3.63, 3.8) is 0 Å². The molecule has 1 N–H and O–H groups in total. The highest BCUT2D eigenvalue weighted by Gasteiger charge is 1.77. The maximum atomic E-state index is 3.72. The Hall–Kier alpha value is -1.11. The van der Waals surface area contributed by atoms with Crippen LogP contribution in [0.4, 0.5) is 0 Å². The van der Waals surface area contributed by atoms with Crippen LogP contribution in [0.3, 0.4) is 0 Å². The van der Waals surface area contributed by atoms with E-state index < -0.39 is 0 Å². The number of hydrogen-bond acceptors (Lipinski definition) is 0. The van der Waals surface area contributed by atoms with Crippen molar-refractivity contribution in [2.45, 2.75) is 0 Å². The normalized spacial score (nSPS) is 9.00. The molecule has 0 aromatic carbocycles. The molecule has 0 saturated carbocycles. The van der Waals surface area contributed by atoms with E-state index in [1.165, 1.54) is 0 Å². The molecule has 1 nitrogen and oxygen atoms in total. The summed E-state index contributed by atoms with van der Waals surface area (Å²) < 4.78 is 0. The van der Waals surface area contributed by atoms with Gasteiger partial charge in [-0.25, -0.2) is 0 Å². The number of rotatable bonds is 0. The van der Waals surface area contributed by atoms with Crippen molar-refractivity contribution in [2.24, 2.45) is 0 Å². The van der Waals surface area contributed by atoms with Gasteiger partial charge in [0.2, 0.25) is 0 Å². The van der Waals surface area contributed by atoms with Crippen LogP contribution < -0.4 is 10.6 Å². The summed E-state index contributed by atoms with van der Waals surface area (Å²) in [5.74, 6) is 0. The summed E-state index contributed by atoms with van der Waals surface area (Å²) in [6.07, 6.45) is 1.82. The number of H-pyrrole nitrogens is 1. The van der Waals surface area contributed by atoms with Crippen LogP contribution in [-0.4, -0.2) is 4.98 Å². The van der Waals surface area contributed by atoms with Gasteiger partial charge < -0.3 is 4.98 Å². The third-order valence-electron chi connectivity index (χ3n) is 0.926. The number of nitrogens with one attached hydrogen (secondary N) is 1. The molecule has 40 valence electrons. The molecule has 1 heteroatoms. The van der Waals surface area contributed by atoms with Crippen LogP contribution in [0.1, 0.15) is 0 Å². The quantitative estimate of drug-likeness (QED) is 0.452. The van der Waals surface area contributed by atoms with E-state index in [1.54, 1.807) is 0 Å². The van der Waals surface area contributed by atoms with E-state index in [4.69, 9.17) is 0 Å². The largest absolute Gasteiger partial charge is 0.337 e. The van der Waals surface area contributed by atoms with Crippen LogP contribution in [-0.2, 0) is 0 Å². The van der Waals surface area contributed by atoms with Crippen molar-refractivity contribution in [1.82, 2.24) is 4.98 Å². The summed E-state index contributed by atoms with van der Waals surface area (Å²) in [6, 6.07) is 3.79. The van der Waals surface area contributed by atoms with Gasteiger partial charge in [0.25, 0.3) is 0 Å². The lowest BCUT2D eigenvalue weighted by molar-refractivity contribution is 1.25. The van der Waals surface area contributed by atoms with Crippen molar-refractivity contribution in [2.75, 3.05) is 0 Å². The molecule has 0 unspecified atom stereocenters. The molecule has 1 aromatic rings. The summed E-state index contributed by atoms with van der Waals surface area (Å²) >= 11 is 0. The topological polar surface area (TPSA) is 15.8 Å². The highest BCUT2D eigenvalue weighted by Crippen LogP contribution is 1.56. The minimum atomic E-state index is 0.900. The first kappa shape index (κ1) is 5.04. The molecule has 0 fully saturated rings. The van der Waals surface area contributed by atoms with Crippen LogP contribution in [0.5, 0.6) is 0 Å². The van der Waals surface area contributed by atoms with E-state index in [2.05, 4.69) is 18.1 Å². The van der Waals surface area contributed by atoms with Crippen molar-refractivity contribution in [1.29, 1.82) is 0 Å². The smallest absolute Gasteiger partial charge is 0.116 e. The highest BCUT2D eigenvalue weighted by atomic mass is 14.6. The predicted molar refractivity (Wildman–Crippen MR) is 35.5 cm³/mol. The van der Waals surface area contributed by atoms with Gasteiger partial charge in [-0.1, -0.05) is 0 Å². The highest BCUT2D eigenvalue weighted by molar-refractivity contribution is 5.07. The molecule has 0 aliphatic rings. The first-order valence-electron chi connectivity index (χ1n) is 2.45. The Morgan fingerprint density at radius 3 is 2.62 bits per heavy atom. The standard InChI is InChI=1S/C7H8N/c1-6-3-4-8-7(2)5-6/h3-5,8H,1-2H2/q+1. The minimum absolute atomic E-state index is 0.900. The monoisotopic (exact) mass is 106 g/mol. The van der Waals surface area contributed by atoms with E-state index in [0.29, 0.717) is 0 Å². The SMILES string of the molecule is C=c1cc[nH]c(=C)[cH+]1. The molecular weight excluding hydrogens is 98.1 g/mol. The first-order chi connectivity index (χ1) is 3.79. The average Bonchev–Trinajstić information content (AvgIpc) is 1.64. The van der Waals surface area contributed by atoms with Gasteiger partial charge in [-0.3, -0.25) is 0 Å². The summed E-state index contributed by atoms with van der Waals surface area (Å²) in [7, 11) is 0. The van der Waals surface area contributed by atoms with Gasteiger partial charge >= 0.3 is 0 Å². The number of hydrogen-bond donors (Lipinski definition) is 1. The molecule has 0 amide bonds. The Labute approximate surface area is 48.0 Å².